The second-order valence-electron chi connectivity index (χ2n) is 4.74. The van der Waals surface area contributed by atoms with Crippen molar-refractivity contribution in [1.29, 1.82) is 0 Å². The number of hydrogen-bond donors (Lipinski definition) is 1. The van der Waals surface area contributed by atoms with Crippen LogP contribution in [-0.4, -0.2) is 19.0 Å². The fraction of sp³-hybridized carbons (Fsp3) is 0.0625. The number of ether oxygens (including phenoxy) is 1. The molecule has 0 saturated heterocycles. The number of carbonyl (C=O) groups is 2. The summed E-state index contributed by atoms with van der Waals surface area (Å²) in [7, 11) is 1.23. The molecule has 1 amide bonds. The van der Waals surface area contributed by atoms with Crippen molar-refractivity contribution in [2.45, 2.75) is 0 Å². The molecule has 8 heteroatoms. The second-order valence-corrected chi connectivity index (χ2v) is 5.65. The van der Waals surface area contributed by atoms with Gasteiger partial charge in [0.2, 0.25) is 0 Å². The van der Waals surface area contributed by atoms with E-state index >= 15 is 0 Å². The molecule has 3 rings (SSSR count). The third-order valence-electron chi connectivity index (χ3n) is 3.23. The smallest absolute Gasteiger partial charge is 0.350 e. The summed E-state index contributed by atoms with van der Waals surface area (Å²) in [5.74, 6) is -2.16. The summed E-state index contributed by atoms with van der Waals surface area (Å²) in [4.78, 5) is 36.0. The van der Waals surface area contributed by atoms with Crippen molar-refractivity contribution < 1.29 is 23.1 Å². The third kappa shape index (κ3) is 2.91. The number of hydrogen-bond acceptors (Lipinski definition) is 6. The zero-order valence-electron chi connectivity index (χ0n) is 12.3. The lowest BCUT2D eigenvalue weighted by molar-refractivity contribution is 0.0607. The van der Waals surface area contributed by atoms with E-state index in [2.05, 4.69) is 10.1 Å². The monoisotopic (exact) mass is 347 g/mol. The number of thiophene rings is 1. The molecule has 0 unspecified atom stereocenters. The van der Waals surface area contributed by atoms with Crippen molar-refractivity contribution in [3.8, 4) is 0 Å². The van der Waals surface area contributed by atoms with E-state index in [-0.39, 0.29) is 27.1 Å². The fourth-order valence-corrected chi connectivity index (χ4v) is 2.88. The number of benzene rings is 1. The van der Waals surface area contributed by atoms with Gasteiger partial charge in [-0.2, -0.15) is 0 Å². The molecular formula is C16H10FNO5S. The normalized spacial score (nSPS) is 10.6. The van der Waals surface area contributed by atoms with E-state index in [1.165, 1.54) is 25.3 Å². The number of anilines is 1. The Morgan fingerprint density at radius 3 is 2.79 bits per heavy atom. The maximum Gasteiger partial charge on any atom is 0.350 e. The van der Waals surface area contributed by atoms with Crippen molar-refractivity contribution in [2.24, 2.45) is 0 Å². The molecule has 0 atom stereocenters. The summed E-state index contributed by atoms with van der Waals surface area (Å²) < 4.78 is 22.9. The summed E-state index contributed by atoms with van der Waals surface area (Å²) in [6.45, 7) is 0. The Kier molecular flexibility index (Phi) is 4.13. The molecule has 3 aromatic rings. The van der Waals surface area contributed by atoms with Gasteiger partial charge in [0.15, 0.2) is 5.76 Å². The number of nitrogens with one attached hydrogen (secondary N) is 1. The van der Waals surface area contributed by atoms with Gasteiger partial charge in [-0.05, 0) is 41.1 Å². The van der Waals surface area contributed by atoms with Gasteiger partial charge in [-0.25, -0.2) is 14.0 Å². The molecule has 0 aliphatic heterocycles. The Bertz CT molecular complexity index is 1010. The molecule has 0 radical (unpaired) electrons. The molecule has 6 nitrogen and oxygen atoms in total. The average molecular weight is 347 g/mol. The van der Waals surface area contributed by atoms with Crippen molar-refractivity contribution >= 4 is 39.7 Å². The number of halogens is 1. The van der Waals surface area contributed by atoms with Crippen molar-refractivity contribution in [3.63, 3.8) is 0 Å². The minimum absolute atomic E-state index is 0.165. The molecule has 0 aliphatic rings. The first-order valence-corrected chi connectivity index (χ1v) is 7.58. The minimum atomic E-state index is -0.754. The zero-order valence-corrected chi connectivity index (χ0v) is 13.1. The molecule has 122 valence electrons. The lowest BCUT2D eigenvalue weighted by Crippen LogP contribution is -2.16. The van der Waals surface area contributed by atoms with Crippen LogP contribution in [0.2, 0.25) is 0 Å². The van der Waals surface area contributed by atoms with Crippen LogP contribution in [0.15, 0.2) is 44.9 Å². The first-order valence-electron chi connectivity index (χ1n) is 6.70. The van der Waals surface area contributed by atoms with Gasteiger partial charge >= 0.3 is 11.6 Å². The molecule has 0 saturated carbocycles. The molecule has 0 fully saturated rings. The maximum atomic E-state index is 13.3. The van der Waals surface area contributed by atoms with Gasteiger partial charge < -0.3 is 14.5 Å². The van der Waals surface area contributed by atoms with Crippen LogP contribution in [-0.2, 0) is 4.74 Å². The van der Waals surface area contributed by atoms with Crippen molar-refractivity contribution in [1.82, 2.24) is 0 Å². The number of carbonyl (C=O) groups excluding carboxylic acids is 2. The number of fused-ring (bicyclic) bond motifs is 1. The van der Waals surface area contributed by atoms with E-state index < -0.39 is 23.3 Å². The molecule has 24 heavy (non-hydrogen) atoms. The Morgan fingerprint density at radius 1 is 1.25 bits per heavy atom. The third-order valence-corrected chi connectivity index (χ3v) is 4.13. The lowest BCUT2D eigenvalue weighted by Gasteiger charge is -2.05. The van der Waals surface area contributed by atoms with E-state index in [0.717, 1.165) is 23.5 Å². The molecule has 2 heterocycles. The Hall–Kier alpha value is -3.00. The Morgan fingerprint density at radius 2 is 2.04 bits per heavy atom. The highest BCUT2D eigenvalue weighted by molar-refractivity contribution is 7.12. The van der Waals surface area contributed by atoms with Crippen molar-refractivity contribution in [3.05, 3.63) is 62.6 Å². The van der Waals surface area contributed by atoms with Gasteiger partial charge in [-0.15, -0.1) is 11.3 Å². The average Bonchev–Trinajstić information content (AvgIpc) is 3.01. The SMILES string of the molecule is COC(=O)c1sccc1NC(=O)c1cc2cc(F)ccc2c(=O)o1. The summed E-state index contributed by atoms with van der Waals surface area (Å²) >= 11 is 1.10. The van der Waals surface area contributed by atoms with E-state index in [9.17, 15) is 18.8 Å². The number of esters is 1. The van der Waals surface area contributed by atoms with Gasteiger partial charge in [-0.1, -0.05) is 0 Å². The summed E-state index contributed by atoms with van der Waals surface area (Å²) in [5, 5.41) is 4.49. The van der Waals surface area contributed by atoms with Crippen LogP contribution >= 0.6 is 11.3 Å². The van der Waals surface area contributed by atoms with Crippen LogP contribution in [0.5, 0.6) is 0 Å². The number of rotatable bonds is 3. The van der Waals surface area contributed by atoms with Gasteiger partial charge in [0.05, 0.1) is 18.2 Å². The highest BCUT2D eigenvalue weighted by Crippen LogP contribution is 2.24. The summed E-state index contributed by atoms with van der Waals surface area (Å²) in [6, 6.07) is 6.33. The predicted octanol–water partition coefficient (Wildman–Crippen LogP) is 3.03. The highest BCUT2D eigenvalue weighted by atomic mass is 32.1. The van der Waals surface area contributed by atoms with Crippen LogP contribution in [0.4, 0.5) is 10.1 Å². The maximum absolute atomic E-state index is 13.3. The van der Waals surface area contributed by atoms with Crippen LogP contribution in [0.3, 0.4) is 0 Å². The standard InChI is InChI=1S/C16H10FNO5S/c1-22-16(21)13-11(4-5-24-13)18-14(19)12-7-8-6-9(17)2-3-10(8)15(20)23-12/h2-7H,1H3,(H,18,19). The Labute approximate surface area is 138 Å². The van der Waals surface area contributed by atoms with E-state index in [0.29, 0.717) is 0 Å². The van der Waals surface area contributed by atoms with E-state index in [1.807, 2.05) is 0 Å². The first-order chi connectivity index (χ1) is 11.5. The molecule has 0 spiro atoms. The number of methoxy groups -OCH3 is 1. The molecule has 0 aliphatic carbocycles. The van der Waals surface area contributed by atoms with Crippen LogP contribution in [0, 0.1) is 5.82 Å². The zero-order chi connectivity index (χ0) is 17.3. The lowest BCUT2D eigenvalue weighted by atomic mass is 10.1. The summed E-state index contributed by atoms with van der Waals surface area (Å²) in [5.41, 5.74) is -0.519. The summed E-state index contributed by atoms with van der Waals surface area (Å²) in [6.07, 6.45) is 0. The van der Waals surface area contributed by atoms with Crippen LogP contribution in [0.25, 0.3) is 10.8 Å². The van der Waals surface area contributed by atoms with E-state index in [1.54, 1.807) is 5.38 Å². The van der Waals surface area contributed by atoms with Gasteiger partial charge in [-0.3, -0.25) is 4.79 Å². The molecular weight excluding hydrogens is 337 g/mol. The topological polar surface area (TPSA) is 85.6 Å². The molecule has 0 bridgehead atoms. The van der Waals surface area contributed by atoms with Gasteiger partial charge in [0.1, 0.15) is 10.7 Å². The van der Waals surface area contributed by atoms with Gasteiger partial charge in [0.25, 0.3) is 5.91 Å². The first kappa shape index (κ1) is 15.9. The second kappa shape index (κ2) is 6.25. The quantitative estimate of drug-likeness (QED) is 0.736. The molecule has 1 N–H and O–H groups in total. The largest absolute Gasteiger partial charge is 0.465 e. The fourth-order valence-electron chi connectivity index (χ4n) is 2.12. The molecule has 1 aromatic carbocycles. The van der Waals surface area contributed by atoms with E-state index in [4.69, 9.17) is 4.42 Å². The number of amides is 1. The van der Waals surface area contributed by atoms with Crippen molar-refractivity contribution in [2.75, 3.05) is 12.4 Å². The minimum Gasteiger partial charge on any atom is -0.465 e. The predicted molar refractivity (Wildman–Crippen MR) is 86.1 cm³/mol. The van der Waals surface area contributed by atoms with Crippen LogP contribution in [0.1, 0.15) is 20.2 Å². The highest BCUT2D eigenvalue weighted by Gasteiger charge is 2.18. The van der Waals surface area contributed by atoms with Gasteiger partial charge in [0, 0.05) is 0 Å². The van der Waals surface area contributed by atoms with Crippen LogP contribution < -0.4 is 10.9 Å². The molecule has 2 aromatic heterocycles. The Balaban J connectivity index is 1.96.